The number of rotatable bonds is 10. The second kappa shape index (κ2) is 9.16. The van der Waals surface area contributed by atoms with Crippen LogP contribution in [0.3, 0.4) is 0 Å². The zero-order valence-electron chi connectivity index (χ0n) is 20.3. The summed E-state index contributed by atoms with van der Waals surface area (Å²) in [6, 6.07) is 5.36. The highest BCUT2D eigenvalue weighted by molar-refractivity contribution is 7.93. The quantitative estimate of drug-likeness (QED) is 0.415. The van der Waals surface area contributed by atoms with E-state index in [0.29, 0.717) is 28.0 Å². The minimum Gasteiger partial charge on any atom is -0.494 e. The van der Waals surface area contributed by atoms with Gasteiger partial charge in [-0.15, -0.1) is 10.2 Å². The van der Waals surface area contributed by atoms with Crippen molar-refractivity contribution < 1.29 is 22.6 Å². The molecule has 0 bridgehead atoms. The van der Waals surface area contributed by atoms with E-state index in [-0.39, 0.29) is 23.1 Å². The second-order valence-electron chi connectivity index (χ2n) is 9.12. The lowest BCUT2D eigenvalue weighted by Gasteiger charge is -2.23. The molecule has 192 valence electrons. The van der Waals surface area contributed by atoms with Crippen LogP contribution >= 0.6 is 11.6 Å². The van der Waals surface area contributed by atoms with Crippen molar-refractivity contribution in [2.45, 2.75) is 43.5 Å². The molecule has 2 unspecified atom stereocenters. The molecule has 0 aliphatic heterocycles. The summed E-state index contributed by atoms with van der Waals surface area (Å²) in [6.07, 6.45) is 5.08. The Balaban J connectivity index is 1.55. The van der Waals surface area contributed by atoms with Gasteiger partial charge in [-0.1, -0.05) is 17.7 Å². The van der Waals surface area contributed by atoms with E-state index >= 15 is 0 Å². The third kappa shape index (κ3) is 4.27. The molecular weight excluding hydrogens is 508 g/mol. The molecule has 2 aliphatic rings. The molecule has 2 aliphatic carbocycles. The van der Waals surface area contributed by atoms with Crippen LogP contribution in [0.1, 0.15) is 49.9 Å². The van der Waals surface area contributed by atoms with Crippen molar-refractivity contribution in [3.8, 4) is 17.2 Å². The standard InChI is InChI=1S/C23H27ClN6O5S/c1-13(19(35-4)20-25-11-14(24)12-26-20)36(31,32)29-22-28-27-21(15-10-23(15)8-9-23)30(22)18-16(33-2)6-5-7-17(18)34-3/h5-7,11-13,15,19H,8-10H2,1-4H3,(H,28,29)/t13?,15-,19?/m0/s1. The van der Waals surface area contributed by atoms with Crippen molar-refractivity contribution in [1.29, 1.82) is 0 Å². The number of hydrogen-bond donors (Lipinski definition) is 1. The number of nitrogens with zero attached hydrogens (tertiary/aromatic N) is 5. The van der Waals surface area contributed by atoms with E-state index in [1.54, 1.807) is 37.0 Å². The van der Waals surface area contributed by atoms with Crippen LogP contribution in [-0.2, 0) is 14.8 Å². The predicted molar refractivity (Wildman–Crippen MR) is 132 cm³/mol. The van der Waals surface area contributed by atoms with Crippen molar-refractivity contribution in [1.82, 2.24) is 24.7 Å². The molecule has 5 rings (SSSR count). The molecule has 2 heterocycles. The summed E-state index contributed by atoms with van der Waals surface area (Å²) in [7, 11) is 0.439. The fraction of sp³-hybridized carbons (Fsp3) is 0.478. The number of halogens is 1. The zero-order valence-corrected chi connectivity index (χ0v) is 21.9. The largest absolute Gasteiger partial charge is 0.494 e. The number of aromatic nitrogens is 5. The summed E-state index contributed by atoms with van der Waals surface area (Å²) < 4.78 is 48.1. The number of anilines is 1. The lowest BCUT2D eigenvalue weighted by atomic mass is 10.2. The number of sulfonamides is 1. The van der Waals surface area contributed by atoms with E-state index < -0.39 is 21.4 Å². The normalized spacial score (nSPS) is 19.5. The summed E-state index contributed by atoms with van der Waals surface area (Å²) in [6.45, 7) is 1.51. The lowest BCUT2D eigenvalue weighted by Crippen LogP contribution is -2.33. The summed E-state index contributed by atoms with van der Waals surface area (Å²) >= 11 is 5.88. The second-order valence-corrected chi connectivity index (χ2v) is 11.6. The first-order valence-electron chi connectivity index (χ1n) is 11.4. The zero-order chi connectivity index (χ0) is 25.7. The van der Waals surface area contributed by atoms with Gasteiger partial charge in [0.25, 0.3) is 0 Å². The Labute approximate surface area is 214 Å². The summed E-state index contributed by atoms with van der Waals surface area (Å²) in [5.41, 5.74) is 0.774. The van der Waals surface area contributed by atoms with Gasteiger partial charge in [0, 0.05) is 25.4 Å². The van der Waals surface area contributed by atoms with Gasteiger partial charge in [0.2, 0.25) is 16.0 Å². The number of ether oxygens (including phenoxy) is 3. The highest BCUT2D eigenvalue weighted by atomic mass is 35.5. The van der Waals surface area contributed by atoms with E-state index in [9.17, 15) is 8.42 Å². The van der Waals surface area contributed by atoms with E-state index in [0.717, 1.165) is 19.3 Å². The van der Waals surface area contributed by atoms with Crippen LogP contribution in [-0.4, -0.2) is 59.7 Å². The van der Waals surface area contributed by atoms with Gasteiger partial charge in [0.05, 0.1) is 19.2 Å². The SMILES string of the molecule is COc1cccc(OC)c1-n1c(NS(=O)(=O)C(C)C(OC)c2ncc(Cl)cn2)nnc1[C@@H]1CC12CC2. The topological polar surface area (TPSA) is 130 Å². The molecule has 0 amide bonds. The van der Waals surface area contributed by atoms with Crippen LogP contribution in [0.2, 0.25) is 5.02 Å². The van der Waals surface area contributed by atoms with Crippen molar-refractivity contribution in [2.75, 3.05) is 26.1 Å². The van der Waals surface area contributed by atoms with E-state index in [1.807, 2.05) is 0 Å². The van der Waals surface area contributed by atoms with Gasteiger partial charge in [-0.25, -0.2) is 18.4 Å². The molecule has 2 saturated carbocycles. The average Bonchev–Trinajstić information content (AvgIpc) is 3.77. The molecular formula is C23H27ClN6O5S. The Hall–Kier alpha value is -2.96. The molecule has 3 aromatic rings. The summed E-state index contributed by atoms with van der Waals surface area (Å²) in [5.74, 6) is 2.09. The average molecular weight is 535 g/mol. The van der Waals surface area contributed by atoms with Gasteiger partial charge in [-0.05, 0) is 43.7 Å². The molecule has 13 heteroatoms. The van der Waals surface area contributed by atoms with Gasteiger partial charge < -0.3 is 14.2 Å². The van der Waals surface area contributed by atoms with Gasteiger partial charge in [-0.3, -0.25) is 9.29 Å². The monoisotopic (exact) mass is 534 g/mol. The highest BCUT2D eigenvalue weighted by Gasteiger charge is 2.65. The Morgan fingerprint density at radius 3 is 2.28 bits per heavy atom. The predicted octanol–water partition coefficient (Wildman–Crippen LogP) is 3.51. The Morgan fingerprint density at radius 1 is 1.11 bits per heavy atom. The van der Waals surface area contributed by atoms with Crippen LogP contribution in [0, 0.1) is 5.41 Å². The molecule has 2 aromatic heterocycles. The first-order chi connectivity index (χ1) is 17.2. The smallest absolute Gasteiger partial charge is 0.243 e. The van der Waals surface area contributed by atoms with E-state index in [1.165, 1.54) is 26.4 Å². The molecule has 0 saturated heterocycles. The fourth-order valence-corrected chi connectivity index (χ4v) is 5.87. The minimum absolute atomic E-state index is 0.0363. The fourth-order valence-electron chi connectivity index (χ4n) is 4.65. The maximum atomic E-state index is 13.6. The maximum absolute atomic E-state index is 13.6. The first kappa shape index (κ1) is 24.7. The van der Waals surface area contributed by atoms with Crippen LogP contribution in [0.4, 0.5) is 5.95 Å². The third-order valence-corrected chi connectivity index (χ3v) is 8.89. The lowest BCUT2D eigenvalue weighted by molar-refractivity contribution is 0.0950. The van der Waals surface area contributed by atoms with Crippen molar-refractivity contribution in [3.05, 3.63) is 47.3 Å². The van der Waals surface area contributed by atoms with Crippen molar-refractivity contribution in [3.63, 3.8) is 0 Å². The number of benzene rings is 1. The number of methoxy groups -OCH3 is 3. The third-order valence-electron chi connectivity index (χ3n) is 7.01. The Bertz CT molecular complexity index is 1350. The van der Waals surface area contributed by atoms with E-state index in [4.69, 9.17) is 25.8 Å². The van der Waals surface area contributed by atoms with Crippen LogP contribution in [0.15, 0.2) is 30.6 Å². The van der Waals surface area contributed by atoms with E-state index in [2.05, 4.69) is 24.9 Å². The van der Waals surface area contributed by atoms with Crippen LogP contribution in [0.5, 0.6) is 11.5 Å². The van der Waals surface area contributed by atoms with Gasteiger partial charge >= 0.3 is 0 Å². The molecule has 0 radical (unpaired) electrons. The first-order valence-corrected chi connectivity index (χ1v) is 13.4. The molecule has 1 spiro atoms. The van der Waals surface area contributed by atoms with Gasteiger partial charge in [-0.2, -0.15) is 0 Å². The molecule has 36 heavy (non-hydrogen) atoms. The number of nitrogens with one attached hydrogen (secondary N) is 1. The maximum Gasteiger partial charge on any atom is 0.243 e. The van der Waals surface area contributed by atoms with Crippen molar-refractivity contribution in [2.24, 2.45) is 5.41 Å². The molecule has 1 N–H and O–H groups in total. The van der Waals surface area contributed by atoms with Gasteiger partial charge in [0.1, 0.15) is 34.4 Å². The summed E-state index contributed by atoms with van der Waals surface area (Å²) in [5, 5.41) is 7.94. The molecule has 3 atom stereocenters. The van der Waals surface area contributed by atoms with Crippen molar-refractivity contribution >= 4 is 27.6 Å². The minimum atomic E-state index is -4.05. The molecule has 2 fully saturated rings. The summed E-state index contributed by atoms with van der Waals surface area (Å²) in [4.78, 5) is 8.27. The van der Waals surface area contributed by atoms with Gasteiger partial charge in [0.15, 0.2) is 5.82 Å². The molecule has 11 nitrogen and oxygen atoms in total. The Morgan fingerprint density at radius 2 is 1.75 bits per heavy atom. The Kier molecular flexibility index (Phi) is 6.29. The molecule has 1 aromatic carbocycles. The van der Waals surface area contributed by atoms with Crippen LogP contribution < -0.4 is 14.2 Å². The highest BCUT2D eigenvalue weighted by Crippen LogP contribution is 2.75. The number of hydrogen-bond acceptors (Lipinski definition) is 9. The van der Waals surface area contributed by atoms with Crippen LogP contribution in [0.25, 0.3) is 5.69 Å². The number of para-hydroxylation sites is 1.